The molecule has 1 aliphatic rings. The number of fused-ring (bicyclic) bond motifs is 2. The van der Waals surface area contributed by atoms with E-state index in [4.69, 9.17) is 16.3 Å². The van der Waals surface area contributed by atoms with Crippen LogP contribution >= 0.6 is 22.9 Å². The number of ether oxygens (including phenoxy) is 1. The number of carbonyl (C=O) groups is 2. The molecule has 0 radical (unpaired) electrons. The molecule has 8 nitrogen and oxygen atoms in total. The average molecular weight is 496 g/mol. The lowest BCUT2D eigenvalue weighted by Gasteiger charge is -2.33. The Morgan fingerprint density at radius 1 is 1.24 bits per heavy atom. The summed E-state index contributed by atoms with van der Waals surface area (Å²) < 4.78 is 7.85. The van der Waals surface area contributed by atoms with Crippen molar-refractivity contribution in [1.29, 1.82) is 0 Å². The number of amides is 2. The molecule has 174 valence electrons. The minimum atomic E-state index is -0.643. The molecule has 34 heavy (non-hydrogen) atoms. The molecule has 2 aromatic carbocycles. The lowest BCUT2D eigenvalue weighted by molar-refractivity contribution is -0.128. The van der Waals surface area contributed by atoms with Crippen molar-refractivity contribution in [3.05, 3.63) is 64.3 Å². The number of anilines is 2. The van der Waals surface area contributed by atoms with Crippen molar-refractivity contribution in [2.24, 2.45) is 7.05 Å². The van der Waals surface area contributed by atoms with E-state index in [9.17, 15) is 9.59 Å². The highest BCUT2D eigenvalue weighted by Crippen LogP contribution is 2.36. The Morgan fingerprint density at radius 2 is 2.06 bits per heavy atom. The fourth-order valence-electron chi connectivity index (χ4n) is 4.13. The maximum atomic E-state index is 12.9. The lowest BCUT2D eigenvalue weighted by Crippen LogP contribution is -2.48. The van der Waals surface area contributed by atoms with Gasteiger partial charge in [0, 0.05) is 35.6 Å². The van der Waals surface area contributed by atoms with Gasteiger partial charge >= 0.3 is 0 Å². The van der Waals surface area contributed by atoms with E-state index in [-0.39, 0.29) is 18.4 Å². The van der Waals surface area contributed by atoms with Crippen LogP contribution in [-0.2, 0) is 23.1 Å². The summed E-state index contributed by atoms with van der Waals surface area (Å²) in [5, 5.41) is 13.9. The molecule has 1 unspecified atom stereocenters. The maximum Gasteiger partial charge on any atom is 0.268 e. The summed E-state index contributed by atoms with van der Waals surface area (Å²) in [5.74, 6) is -0.123. The average Bonchev–Trinajstić information content (AvgIpc) is 3.39. The maximum absolute atomic E-state index is 12.9. The van der Waals surface area contributed by atoms with Gasteiger partial charge in [-0.25, -0.2) is 0 Å². The smallest absolute Gasteiger partial charge is 0.268 e. The van der Waals surface area contributed by atoms with Crippen LogP contribution in [0.5, 0.6) is 5.75 Å². The standard InChI is InChI=1S/C24H22ClN5O3S/c1-3-19-23(32)30(18-11-15(25)8-9-20(18)33-19)13-21(31)26-24-28-27-22(34-24)10-14-12-29(2)17-7-5-4-6-16(14)17/h4-9,11-12,19H,3,10,13H2,1-2H3,(H,26,28,31). The summed E-state index contributed by atoms with van der Waals surface area (Å²) in [5.41, 5.74) is 2.77. The van der Waals surface area contributed by atoms with Gasteiger partial charge in [0.05, 0.1) is 5.69 Å². The Bertz CT molecular complexity index is 1400. The number of hydrogen-bond acceptors (Lipinski definition) is 6. The van der Waals surface area contributed by atoms with Gasteiger partial charge in [-0.05, 0) is 36.2 Å². The first kappa shape index (κ1) is 22.4. The minimum Gasteiger partial charge on any atom is -0.478 e. The topological polar surface area (TPSA) is 89.3 Å². The van der Waals surface area contributed by atoms with E-state index in [1.165, 1.54) is 21.6 Å². The second kappa shape index (κ2) is 9.08. The molecule has 1 N–H and O–H groups in total. The number of benzene rings is 2. The quantitative estimate of drug-likeness (QED) is 0.428. The Kier molecular flexibility index (Phi) is 5.97. The molecule has 1 atom stereocenters. The molecule has 0 fully saturated rings. The molecule has 2 aromatic heterocycles. The molecule has 10 heteroatoms. The van der Waals surface area contributed by atoms with Gasteiger partial charge in [0.2, 0.25) is 11.0 Å². The zero-order valence-electron chi connectivity index (χ0n) is 18.6. The number of carbonyl (C=O) groups excluding carboxylic acids is 2. The summed E-state index contributed by atoms with van der Waals surface area (Å²) >= 11 is 7.44. The van der Waals surface area contributed by atoms with Crippen molar-refractivity contribution in [2.75, 3.05) is 16.8 Å². The molecule has 0 saturated carbocycles. The van der Waals surface area contributed by atoms with Crippen LogP contribution in [0.4, 0.5) is 10.8 Å². The Labute approximate surface area is 205 Å². The summed E-state index contributed by atoms with van der Waals surface area (Å²) in [6, 6.07) is 13.2. The highest BCUT2D eigenvalue weighted by Gasteiger charge is 2.34. The van der Waals surface area contributed by atoms with E-state index < -0.39 is 6.10 Å². The normalized spacial score (nSPS) is 15.3. The molecule has 1 aliphatic heterocycles. The predicted octanol–water partition coefficient (Wildman–Crippen LogP) is 4.42. The van der Waals surface area contributed by atoms with E-state index in [1.807, 2.05) is 26.1 Å². The van der Waals surface area contributed by atoms with Crippen molar-refractivity contribution in [1.82, 2.24) is 14.8 Å². The fraction of sp³-hybridized carbons (Fsp3) is 0.250. The first-order chi connectivity index (χ1) is 16.4. The predicted molar refractivity (Wildman–Crippen MR) is 133 cm³/mol. The lowest BCUT2D eigenvalue weighted by atomic mass is 10.1. The summed E-state index contributed by atoms with van der Waals surface area (Å²) in [6.45, 7) is 1.69. The van der Waals surface area contributed by atoms with E-state index in [0.29, 0.717) is 34.4 Å². The second-order valence-electron chi connectivity index (χ2n) is 8.06. The van der Waals surface area contributed by atoms with Crippen LogP contribution < -0.4 is 15.0 Å². The molecule has 0 spiro atoms. The third kappa shape index (κ3) is 4.24. The van der Waals surface area contributed by atoms with Crippen LogP contribution in [0, 0.1) is 0 Å². The van der Waals surface area contributed by atoms with Crippen molar-refractivity contribution >= 4 is 56.5 Å². The number of hydrogen-bond donors (Lipinski definition) is 1. The number of rotatable bonds is 6. The molecular formula is C24H22ClN5O3S. The van der Waals surface area contributed by atoms with Crippen LogP contribution in [0.25, 0.3) is 10.9 Å². The molecule has 0 bridgehead atoms. The Hall–Kier alpha value is -3.43. The minimum absolute atomic E-state index is 0.176. The largest absolute Gasteiger partial charge is 0.478 e. The highest BCUT2D eigenvalue weighted by molar-refractivity contribution is 7.15. The molecule has 3 heterocycles. The molecule has 5 rings (SSSR count). The van der Waals surface area contributed by atoms with Crippen LogP contribution in [0.3, 0.4) is 0 Å². The zero-order chi connectivity index (χ0) is 23.8. The van der Waals surface area contributed by atoms with Gasteiger partial charge in [-0.15, -0.1) is 10.2 Å². The van der Waals surface area contributed by atoms with Crippen molar-refractivity contribution in [3.63, 3.8) is 0 Å². The number of nitrogens with one attached hydrogen (secondary N) is 1. The third-order valence-corrected chi connectivity index (χ3v) is 6.80. The van der Waals surface area contributed by atoms with Crippen molar-refractivity contribution in [3.8, 4) is 5.75 Å². The molecule has 4 aromatic rings. The monoisotopic (exact) mass is 495 g/mol. The van der Waals surface area contributed by atoms with Gasteiger partial charge in [-0.3, -0.25) is 19.8 Å². The molecule has 0 aliphatic carbocycles. The zero-order valence-corrected chi connectivity index (χ0v) is 20.2. The van der Waals surface area contributed by atoms with Crippen molar-refractivity contribution < 1.29 is 14.3 Å². The number of aromatic nitrogens is 3. The van der Waals surface area contributed by atoms with Crippen LogP contribution in [0.2, 0.25) is 5.02 Å². The first-order valence-corrected chi connectivity index (χ1v) is 12.0. The molecule has 2 amide bonds. The van der Waals surface area contributed by atoms with Gasteiger partial charge in [0.1, 0.15) is 17.3 Å². The van der Waals surface area contributed by atoms with Gasteiger partial charge in [-0.1, -0.05) is 48.1 Å². The van der Waals surface area contributed by atoms with E-state index >= 15 is 0 Å². The summed E-state index contributed by atoms with van der Waals surface area (Å²) in [6.07, 6.45) is 2.55. The first-order valence-electron chi connectivity index (χ1n) is 10.9. The second-order valence-corrected chi connectivity index (χ2v) is 9.56. The van der Waals surface area contributed by atoms with Crippen molar-refractivity contribution in [2.45, 2.75) is 25.9 Å². The summed E-state index contributed by atoms with van der Waals surface area (Å²) in [7, 11) is 2.01. The fourth-order valence-corrected chi connectivity index (χ4v) is 5.07. The summed E-state index contributed by atoms with van der Waals surface area (Å²) in [4.78, 5) is 27.1. The van der Waals surface area contributed by atoms with Gasteiger partial charge in [0.25, 0.3) is 5.91 Å². The van der Waals surface area contributed by atoms with Gasteiger partial charge < -0.3 is 9.30 Å². The number of para-hydroxylation sites is 1. The van der Waals surface area contributed by atoms with Crippen LogP contribution in [0.15, 0.2) is 48.7 Å². The number of aryl methyl sites for hydroxylation is 1. The Balaban J connectivity index is 1.30. The van der Waals surface area contributed by atoms with E-state index in [2.05, 4.69) is 38.4 Å². The third-order valence-electron chi connectivity index (χ3n) is 5.73. The Morgan fingerprint density at radius 3 is 2.88 bits per heavy atom. The van der Waals surface area contributed by atoms with Gasteiger partial charge in [0.15, 0.2) is 6.10 Å². The SMILES string of the molecule is CCC1Oc2ccc(Cl)cc2N(CC(=O)Nc2nnc(Cc3cn(C)c4ccccc34)s2)C1=O. The number of halogens is 1. The molecular weight excluding hydrogens is 474 g/mol. The van der Waals surface area contributed by atoms with E-state index in [1.54, 1.807) is 18.2 Å². The van der Waals surface area contributed by atoms with E-state index in [0.717, 1.165) is 16.1 Å². The highest BCUT2D eigenvalue weighted by atomic mass is 35.5. The van der Waals surface area contributed by atoms with Crippen LogP contribution in [-0.4, -0.2) is 39.2 Å². The van der Waals surface area contributed by atoms with Gasteiger partial charge in [-0.2, -0.15) is 0 Å². The van der Waals surface area contributed by atoms with Crippen LogP contribution in [0.1, 0.15) is 23.9 Å². The number of nitrogens with zero attached hydrogens (tertiary/aromatic N) is 4. The molecule has 0 saturated heterocycles.